The fourth-order valence-electron chi connectivity index (χ4n) is 1.70. The normalized spacial score (nSPS) is 20.7. The molecule has 0 saturated heterocycles. The lowest BCUT2D eigenvalue weighted by molar-refractivity contribution is 0.391. The summed E-state index contributed by atoms with van der Waals surface area (Å²) in [5.74, 6) is 0. The highest BCUT2D eigenvalue weighted by atomic mass is 19.1. The monoisotopic (exact) mass is 170 g/mol. The molecule has 68 valence electrons. The summed E-state index contributed by atoms with van der Waals surface area (Å²) in [4.78, 5) is 0. The maximum atomic E-state index is 11.8. The van der Waals surface area contributed by atoms with E-state index in [2.05, 4.69) is 11.4 Å². The number of alkyl halides is 1. The molecule has 1 saturated carbocycles. The molecule has 0 amide bonds. The quantitative estimate of drug-likeness (QED) is 0.653. The van der Waals surface area contributed by atoms with Crippen molar-refractivity contribution in [3.8, 4) is 6.07 Å². The number of rotatable bonds is 4. The summed E-state index contributed by atoms with van der Waals surface area (Å²) in [5, 5.41) is 12.1. The maximum Gasteiger partial charge on any atom is 0.106 e. The molecule has 2 nitrogen and oxygen atoms in total. The van der Waals surface area contributed by atoms with Gasteiger partial charge in [-0.05, 0) is 25.8 Å². The van der Waals surface area contributed by atoms with Gasteiger partial charge in [0.1, 0.15) is 5.54 Å². The first-order valence-corrected chi connectivity index (χ1v) is 4.55. The number of nitrogens with zero attached hydrogens (tertiary/aromatic N) is 1. The number of nitriles is 1. The smallest absolute Gasteiger partial charge is 0.106 e. The molecule has 1 fully saturated rings. The van der Waals surface area contributed by atoms with E-state index in [0.717, 1.165) is 25.7 Å². The minimum absolute atomic E-state index is 0.297. The van der Waals surface area contributed by atoms with Gasteiger partial charge in [0.2, 0.25) is 0 Å². The minimum Gasteiger partial charge on any atom is -0.299 e. The average Bonchev–Trinajstić information content (AvgIpc) is 2.55. The summed E-state index contributed by atoms with van der Waals surface area (Å²) < 4.78 is 11.8. The second-order valence-corrected chi connectivity index (χ2v) is 3.37. The second kappa shape index (κ2) is 4.42. The van der Waals surface area contributed by atoms with Crippen LogP contribution in [0.3, 0.4) is 0 Å². The van der Waals surface area contributed by atoms with Crippen molar-refractivity contribution in [2.75, 3.05) is 13.2 Å². The van der Waals surface area contributed by atoms with Crippen LogP contribution in [0.5, 0.6) is 0 Å². The van der Waals surface area contributed by atoms with Gasteiger partial charge < -0.3 is 0 Å². The molecular formula is C9H15FN2. The standard InChI is InChI=1S/C9H15FN2/c10-6-3-7-12-9(8-11)4-1-2-5-9/h12H,1-7H2. The Morgan fingerprint density at radius 1 is 1.42 bits per heavy atom. The van der Waals surface area contributed by atoms with Crippen LogP contribution in [0.15, 0.2) is 0 Å². The van der Waals surface area contributed by atoms with Gasteiger partial charge in [0, 0.05) is 0 Å². The van der Waals surface area contributed by atoms with Crippen molar-refractivity contribution in [3.05, 3.63) is 0 Å². The molecule has 1 aliphatic rings. The number of nitrogens with one attached hydrogen (secondary N) is 1. The van der Waals surface area contributed by atoms with Gasteiger partial charge in [-0.1, -0.05) is 12.8 Å². The van der Waals surface area contributed by atoms with Gasteiger partial charge in [0.15, 0.2) is 0 Å². The Morgan fingerprint density at radius 3 is 2.58 bits per heavy atom. The lowest BCUT2D eigenvalue weighted by Crippen LogP contribution is -2.41. The summed E-state index contributed by atoms with van der Waals surface area (Å²) >= 11 is 0. The zero-order valence-electron chi connectivity index (χ0n) is 7.27. The predicted octanol–water partition coefficient (Wildman–Crippen LogP) is 1.77. The summed E-state index contributed by atoms with van der Waals surface area (Å²) in [6.07, 6.45) is 4.61. The first-order valence-electron chi connectivity index (χ1n) is 4.55. The topological polar surface area (TPSA) is 35.8 Å². The van der Waals surface area contributed by atoms with Crippen molar-refractivity contribution in [2.24, 2.45) is 0 Å². The average molecular weight is 170 g/mol. The molecule has 0 heterocycles. The number of hydrogen-bond acceptors (Lipinski definition) is 2. The maximum absolute atomic E-state index is 11.8. The Kier molecular flexibility index (Phi) is 3.48. The highest BCUT2D eigenvalue weighted by molar-refractivity contribution is 5.09. The predicted molar refractivity (Wildman–Crippen MR) is 45.4 cm³/mol. The molecule has 0 aromatic rings. The second-order valence-electron chi connectivity index (χ2n) is 3.37. The van der Waals surface area contributed by atoms with Gasteiger partial charge in [-0.3, -0.25) is 9.71 Å². The number of halogens is 1. The van der Waals surface area contributed by atoms with E-state index in [1.54, 1.807) is 0 Å². The summed E-state index contributed by atoms with van der Waals surface area (Å²) in [6, 6.07) is 2.30. The van der Waals surface area contributed by atoms with Crippen LogP contribution in [-0.2, 0) is 0 Å². The van der Waals surface area contributed by atoms with Crippen molar-refractivity contribution in [2.45, 2.75) is 37.6 Å². The molecule has 0 bridgehead atoms. The van der Waals surface area contributed by atoms with E-state index in [4.69, 9.17) is 5.26 Å². The molecule has 0 atom stereocenters. The van der Waals surface area contributed by atoms with E-state index in [9.17, 15) is 4.39 Å². The Morgan fingerprint density at radius 2 is 2.08 bits per heavy atom. The third kappa shape index (κ3) is 2.18. The van der Waals surface area contributed by atoms with Crippen molar-refractivity contribution in [1.82, 2.24) is 5.32 Å². The molecule has 12 heavy (non-hydrogen) atoms. The van der Waals surface area contributed by atoms with E-state index < -0.39 is 0 Å². The van der Waals surface area contributed by atoms with Crippen LogP contribution in [0.25, 0.3) is 0 Å². The lowest BCUT2D eigenvalue weighted by atomic mass is 10.00. The molecule has 0 radical (unpaired) electrons. The molecule has 1 aliphatic carbocycles. The van der Waals surface area contributed by atoms with E-state index in [1.165, 1.54) is 0 Å². The van der Waals surface area contributed by atoms with E-state index >= 15 is 0 Å². The van der Waals surface area contributed by atoms with Gasteiger partial charge in [-0.15, -0.1) is 0 Å². The van der Waals surface area contributed by atoms with Crippen LogP contribution >= 0.6 is 0 Å². The lowest BCUT2D eigenvalue weighted by Gasteiger charge is -2.21. The summed E-state index contributed by atoms with van der Waals surface area (Å²) in [6.45, 7) is 0.332. The molecule has 1 N–H and O–H groups in total. The van der Waals surface area contributed by atoms with Crippen LogP contribution < -0.4 is 5.32 Å². The Hall–Kier alpha value is -0.620. The van der Waals surface area contributed by atoms with Crippen LogP contribution in [0, 0.1) is 11.3 Å². The highest BCUT2D eigenvalue weighted by Crippen LogP contribution is 2.28. The first kappa shape index (κ1) is 9.47. The fraction of sp³-hybridized carbons (Fsp3) is 0.889. The molecule has 1 rings (SSSR count). The Balaban J connectivity index is 2.30. The van der Waals surface area contributed by atoms with Gasteiger partial charge in [-0.2, -0.15) is 5.26 Å². The Labute approximate surface area is 72.8 Å². The third-order valence-electron chi connectivity index (χ3n) is 2.44. The minimum atomic E-state index is -0.324. The van der Waals surface area contributed by atoms with Crippen molar-refractivity contribution >= 4 is 0 Å². The van der Waals surface area contributed by atoms with Crippen LogP contribution in [0.1, 0.15) is 32.1 Å². The van der Waals surface area contributed by atoms with Crippen LogP contribution in [0.4, 0.5) is 4.39 Å². The molecule has 3 heteroatoms. The van der Waals surface area contributed by atoms with E-state index in [0.29, 0.717) is 13.0 Å². The van der Waals surface area contributed by atoms with Crippen molar-refractivity contribution < 1.29 is 4.39 Å². The SMILES string of the molecule is N#CC1(NCCCF)CCCC1. The molecular weight excluding hydrogens is 155 g/mol. The highest BCUT2D eigenvalue weighted by Gasteiger charge is 2.32. The summed E-state index contributed by atoms with van der Waals surface area (Å²) in [5.41, 5.74) is -0.324. The van der Waals surface area contributed by atoms with Crippen LogP contribution in [0.2, 0.25) is 0 Å². The molecule has 0 aromatic heterocycles. The number of hydrogen-bond donors (Lipinski definition) is 1. The zero-order valence-corrected chi connectivity index (χ0v) is 7.27. The molecule has 0 spiro atoms. The first-order chi connectivity index (χ1) is 5.83. The van der Waals surface area contributed by atoms with Crippen LogP contribution in [-0.4, -0.2) is 18.8 Å². The van der Waals surface area contributed by atoms with E-state index in [1.807, 2.05) is 0 Å². The molecule has 0 aliphatic heterocycles. The Bertz CT molecular complexity index is 168. The summed E-state index contributed by atoms with van der Waals surface area (Å²) in [7, 11) is 0. The largest absolute Gasteiger partial charge is 0.299 e. The fourth-order valence-corrected chi connectivity index (χ4v) is 1.70. The van der Waals surface area contributed by atoms with Gasteiger partial charge in [0.25, 0.3) is 0 Å². The van der Waals surface area contributed by atoms with Gasteiger partial charge >= 0.3 is 0 Å². The van der Waals surface area contributed by atoms with E-state index in [-0.39, 0.29) is 12.2 Å². The zero-order chi connectivity index (χ0) is 8.86. The third-order valence-corrected chi connectivity index (χ3v) is 2.44. The molecule has 0 unspecified atom stereocenters. The van der Waals surface area contributed by atoms with Crippen molar-refractivity contribution in [1.29, 1.82) is 5.26 Å². The van der Waals surface area contributed by atoms with Crippen molar-refractivity contribution in [3.63, 3.8) is 0 Å². The van der Waals surface area contributed by atoms with Gasteiger partial charge in [-0.25, -0.2) is 0 Å². The van der Waals surface area contributed by atoms with Gasteiger partial charge in [0.05, 0.1) is 12.7 Å². The molecule has 0 aromatic carbocycles.